The third-order valence-corrected chi connectivity index (χ3v) is 4.54. The first-order valence-electron chi connectivity index (χ1n) is 7.36. The number of carbonyl (C=O) groups excluding carboxylic acids is 1. The number of aromatic nitrogens is 1. The fraction of sp³-hybridized carbons (Fsp3) is 0.125. The zero-order valence-corrected chi connectivity index (χ0v) is 13.5. The lowest BCUT2D eigenvalue weighted by Crippen LogP contribution is -2.17. The van der Waals surface area contributed by atoms with E-state index in [0.717, 1.165) is 0 Å². The number of nitro groups is 1. The Morgan fingerprint density at radius 2 is 1.96 bits per heavy atom. The normalized spacial score (nSPS) is 12.8. The average molecular weight is 357 g/mol. The van der Waals surface area contributed by atoms with Crippen LogP contribution in [0.1, 0.15) is 10.4 Å². The van der Waals surface area contributed by atoms with Crippen molar-refractivity contribution in [3.63, 3.8) is 0 Å². The number of nitrogens with zero attached hydrogens (tertiary/aromatic N) is 2. The van der Waals surface area contributed by atoms with E-state index < -0.39 is 4.92 Å². The Labute approximate surface area is 145 Å². The van der Waals surface area contributed by atoms with Gasteiger partial charge in [0.2, 0.25) is 0 Å². The summed E-state index contributed by atoms with van der Waals surface area (Å²) in [4.78, 5) is 27.0. The summed E-state index contributed by atoms with van der Waals surface area (Å²) in [6.07, 6.45) is 0. The molecule has 0 saturated heterocycles. The van der Waals surface area contributed by atoms with E-state index in [1.54, 1.807) is 24.3 Å². The van der Waals surface area contributed by atoms with Crippen LogP contribution in [0.15, 0.2) is 36.4 Å². The van der Waals surface area contributed by atoms with Crippen LogP contribution in [0.5, 0.6) is 11.5 Å². The third-order valence-electron chi connectivity index (χ3n) is 3.61. The van der Waals surface area contributed by atoms with Crippen LogP contribution in [0.4, 0.5) is 10.8 Å². The molecule has 3 aromatic rings. The van der Waals surface area contributed by atoms with Crippen molar-refractivity contribution in [1.82, 2.24) is 4.98 Å². The Bertz CT molecular complexity index is 1000. The molecule has 2 heterocycles. The number of nitrogens with one attached hydrogen (secondary N) is 1. The SMILES string of the molecule is O=C(Nc1nc2ccc([N+](=O)[O-])cc2s1)c1ccc2c(c1)OCCO2. The van der Waals surface area contributed by atoms with Crippen molar-refractivity contribution in [3.05, 3.63) is 52.1 Å². The highest BCUT2D eigenvalue weighted by Gasteiger charge is 2.17. The molecule has 1 amide bonds. The molecule has 0 spiro atoms. The second-order valence-electron chi connectivity index (χ2n) is 5.24. The first kappa shape index (κ1) is 15.3. The van der Waals surface area contributed by atoms with Gasteiger partial charge in [-0.1, -0.05) is 11.3 Å². The summed E-state index contributed by atoms with van der Waals surface area (Å²) < 4.78 is 11.5. The van der Waals surface area contributed by atoms with Gasteiger partial charge in [0, 0.05) is 17.7 Å². The molecule has 0 unspecified atom stereocenters. The second kappa shape index (κ2) is 6.02. The molecule has 8 nitrogen and oxygen atoms in total. The predicted octanol–water partition coefficient (Wildman–Crippen LogP) is 3.23. The van der Waals surface area contributed by atoms with Crippen LogP contribution in [-0.4, -0.2) is 29.0 Å². The highest BCUT2D eigenvalue weighted by atomic mass is 32.1. The number of hydrogen-bond acceptors (Lipinski definition) is 7. The molecule has 25 heavy (non-hydrogen) atoms. The Morgan fingerprint density at radius 1 is 1.16 bits per heavy atom. The molecule has 0 aliphatic carbocycles. The van der Waals surface area contributed by atoms with Crippen molar-refractivity contribution < 1.29 is 19.2 Å². The Hall–Kier alpha value is -3.20. The smallest absolute Gasteiger partial charge is 0.270 e. The first-order chi connectivity index (χ1) is 12.1. The number of hydrogen-bond donors (Lipinski definition) is 1. The maximum absolute atomic E-state index is 12.4. The minimum Gasteiger partial charge on any atom is -0.486 e. The van der Waals surface area contributed by atoms with E-state index in [1.807, 2.05) is 0 Å². The molecule has 0 atom stereocenters. The summed E-state index contributed by atoms with van der Waals surface area (Å²) >= 11 is 1.18. The van der Waals surface area contributed by atoms with Crippen molar-refractivity contribution in [1.29, 1.82) is 0 Å². The molecule has 1 aromatic heterocycles. The van der Waals surface area contributed by atoms with Gasteiger partial charge in [0.15, 0.2) is 16.6 Å². The molecule has 0 fully saturated rings. The van der Waals surface area contributed by atoms with Crippen molar-refractivity contribution in [3.8, 4) is 11.5 Å². The van der Waals surface area contributed by atoms with Gasteiger partial charge in [0.05, 0.1) is 15.1 Å². The number of rotatable bonds is 3. The zero-order chi connectivity index (χ0) is 17.4. The van der Waals surface area contributed by atoms with E-state index in [-0.39, 0.29) is 11.6 Å². The zero-order valence-electron chi connectivity index (χ0n) is 12.7. The fourth-order valence-electron chi connectivity index (χ4n) is 2.43. The van der Waals surface area contributed by atoms with Crippen LogP contribution in [0, 0.1) is 10.1 Å². The molecular formula is C16H11N3O5S. The lowest BCUT2D eigenvalue weighted by Gasteiger charge is -2.18. The lowest BCUT2D eigenvalue weighted by atomic mass is 10.2. The van der Waals surface area contributed by atoms with Crippen molar-refractivity contribution in [2.24, 2.45) is 0 Å². The van der Waals surface area contributed by atoms with E-state index in [0.29, 0.717) is 45.6 Å². The van der Waals surface area contributed by atoms with Crippen molar-refractivity contribution in [2.45, 2.75) is 0 Å². The molecule has 1 N–H and O–H groups in total. The van der Waals surface area contributed by atoms with Gasteiger partial charge < -0.3 is 9.47 Å². The first-order valence-corrected chi connectivity index (χ1v) is 8.18. The summed E-state index contributed by atoms with van der Waals surface area (Å²) in [5.74, 6) is 0.791. The van der Waals surface area contributed by atoms with E-state index in [4.69, 9.17) is 9.47 Å². The number of nitro benzene ring substituents is 1. The monoisotopic (exact) mass is 357 g/mol. The fourth-order valence-corrected chi connectivity index (χ4v) is 3.33. The van der Waals surface area contributed by atoms with E-state index in [2.05, 4.69) is 10.3 Å². The van der Waals surface area contributed by atoms with Gasteiger partial charge in [-0.3, -0.25) is 20.2 Å². The van der Waals surface area contributed by atoms with Gasteiger partial charge in [0.25, 0.3) is 11.6 Å². The summed E-state index contributed by atoms with van der Waals surface area (Å²) in [5.41, 5.74) is 0.989. The number of fused-ring (bicyclic) bond motifs is 2. The Morgan fingerprint density at radius 3 is 2.76 bits per heavy atom. The van der Waals surface area contributed by atoms with Gasteiger partial charge in [-0.2, -0.15) is 0 Å². The van der Waals surface area contributed by atoms with Crippen LogP contribution in [0.25, 0.3) is 10.2 Å². The molecule has 1 aliphatic rings. The molecule has 9 heteroatoms. The van der Waals surface area contributed by atoms with E-state index in [9.17, 15) is 14.9 Å². The van der Waals surface area contributed by atoms with Crippen LogP contribution in [0.3, 0.4) is 0 Å². The highest BCUT2D eigenvalue weighted by Crippen LogP contribution is 2.32. The topological polar surface area (TPSA) is 104 Å². The van der Waals surface area contributed by atoms with Crippen LogP contribution in [0.2, 0.25) is 0 Å². The van der Waals surface area contributed by atoms with E-state index >= 15 is 0 Å². The van der Waals surface area contributed by atoms with Gasteiger partial charge in [-0.25, -0.2) is 4.98 Å². The second-order valence-corrected chi connectivity index (χ2v) is 6.27. The van der Waals surface area contributed by atoms with Gasteiger partial charge in [-0.15, -0.1) is 0 Å². The molecule has 1 aliphatic heterocycles. The third kappa shape index (κ3) is 2.96. The number of carbonyl (C=O) groups is 1. The van der Waals surface area contributed by atoms with E-state index in [1.165, 1.54) is 23.5 Å². The van der Waals surface area contributed by atoms with Gasteiger partial charge in [0.1, 0.15) is 13.2 Å². The quantitative estimate of drug-likeness (QED) is 0.570. The molecule has 0 saturated carbocycles. The molecule has 0 bridgehead atoms. The number of anilines is 1. The number of amides is 1. The van der Waals surface area contributed by atoms with Crippen LogP contribution in [-0.2, 0) is 0 Å². The van der Waals surface area contributed by atoms with Crippen LogP contribution < -0.4 is 14.8 Å². The maximum atomic E-state index is 12.4. The lowest BCUT2D eigenvalue weighted by molar-refractivity contribution is -0.384. The standard InChI is InChI=1S/C16H11N3O5S/c20-15(9-1-4-12-13(7-9)24-6-5-23-12)18-16-17-11-3-2-10(19(21)22)8-14(11)25-16/h1-4,7-8H,5-6H2,(H,17,18,20). The Kier molecular flexibility index (Phi) is 3.69. The maximum Gasteiger partial charge on any atom is 0.270 e. The van der Waals surface area contributed by atoms with Crippen molar-refractivity contribution >= 4 is 38.3 Å². The van der Waals surface area contributed by atoms with Gasteiger partial charge >= 0.3 is 0 Å². The van der Waals surface area contributed by atoms with Crippen LogP contribution >= 0.6 is 11.3 Å². The molecule has 0 radical (unpaired) electrons. The highest BCUT2D eigenvalue weighted by molar-refractivity contribution is 7.22. The number of non-ortho nitro benzene ring substituents is 1. The summed E-state index contributed by atoms with van der Waals surface area (Å²) in [6.45, 7) is 0.922. The molecule has 126 valence electrons. The predicted molar refractivity (Wildman–Crippen MR) is 91.7 cm³/mol. The minimum atomic E-state index is -0.466. The summed E-state index contributed by atoms with van der Waals surface area (Å²) in [5, 5.41) is 13.9. The number of thiazole rings is 1. The molecule has 4 rings (SSSR count). The van der Waals surface area contributed by atoms with Crippen molar-refractivity contribution in [2.75, 3.05) is 18.5 Å². The summed E-state index contributed by atoms with van der Waals surface area (Å²) in [6, 6.07) is 9.32. The molecular weight excluding hydrogens is 346 g/mol. The van der Waals surface area contributed by atoms with Gasteiger partial charge in [-0.05, 0) is 24.3 Å². The number of benzene rings is 2. The average Bonchev–Trinajstić information content (AvgIpc) is 3.02. The largest absolute Gasteiger partial charge is 0.486 e. The number of ether oxygens (including phenoxy) is 2. The molecule has 2 aromatic carbocycles. The Balaban J connectivity index is 1.58. The minimum absolute atomic E-state index is 0.0131. The summed E-state index contributed by atoms with van der Waals surface area (Å²) in [7, 11) is 0.